The number of carbonyl (C=O) groups is 1. The van der Waals surface area contributed by atoms with E-state index in [1.54, 1.807) is 30.1 Å². The predicted molar refractivity (Wildman–Crippen MR) is 114 cm³/mol. The smallest absolute Gasteiger partial charge is 0.233 e. The van der Waals surface area contributed by atoms with Crippen molar-refractivity contribution >= 4 is 23.5 Å². The number of benzene rings is 1. The van der Waals surface area contributed by atoms with Crippen LogP contribution in [-0.4, -0.2) is 47.7 Å². The molecular weight excluding hydrogens is 368 g/mol. The number of anilines is 1. The van der Waals surface area contributed by atoms with Crippen molar-refractivity contribution < 1.29 is 4.79 Å². The van der Waals surface area contributed by atoms with Crippen LogP contribution >= 0.6 is 11.8 Å². The fraction of sp³-hybridized carbons (Fsp3) is 0.409. The average molecular weight is 395 g/mol. The lowest BCUT2D eigenvalue weighted by atomic mass is 9.87. The van der Waals surface area contributed by atoms with Gasteiger partial charge in [0.1, 0.15) is 11.9 Å². The molecule has 1 aliphatic rings. The normalized spacial score (nSPS) is 14.6. The van der Waals surface area contributed by atoms with Crippen molar-refractivity contribution in [2.24, 2.45) is 0 Å². The minimum atomic E-state index is 0.137. The number of nitriles is 1. The summed E-state index contributed by atoms with van der Waals surface area (Å²) in [6.45, 7) is 9.30. The molecule has 146 valence electrons. The maximum Gasteiger partial charge on any atom is 0.233 e. The molecule has 5 nitrogen and oxygen atoms in total. The third kappa shape index (κ3) is 4.85. The summed E-state index contributed by atoms with van der Waals surface area (Å²) in [6.07, 6.45) is 1.70. The Balaban J connectivity index is 1.51. The van der Waals surface area contributed by atoms with Gasteiger partial charge in [0.15, 0.2) is 0 Å². The van der Waals surface area contributed by atoms with Crippen molar-refractivity contribution in [3.63, 3.8) is 0 Å². The van der Waals surface area contributed by atoms with Crippen LogP contribution in [0.1, 0.15) is 31.9 Å². The van der Waals surface area contributed by atoms with E-state index >= 15 is 0 Å². The van der Waals surface area contributed by atoms with E-state index < -0.39 is 0 Å². The van der Waals surface area contributed by atoms with Gasteiger partial charge in [-0.25, -0.2) is 4.98 Å². The number of hydrogen-bond acceptors (Lipinski definition) is 5. The fourth-order valence-electron chi connectivity index (χ4n) is 3.19. The monoisotopic (exact) mass is 394 g/mol. The van der Waals surface area contributed by atoms with E-state index in [4.69, 9.17) is 0 Å². The minimum absolute atomic E-state index is 0.137. The lowest BCUT2D eigenvalue weighted by Crippen LogP contribution is -2.49. The van der Waals surface area contributed by atoms with E-state index in [1.807, 2.05) is 4.90 Å². The first-order valence-electron chi connectivity index (χ1n) is 9.49. The zero-order valence-electron chi connectivity index (χ0n) is 16.7. The molecule has 0 N–H and O–H groups in total. The summed E-state index contributed by atoms with van der Waals surface area (Å²) in [4.78, 5) is 22.0. The molecule has 28 heavy (non-hydrogen) atoms. The van der Waals surface area contributed by atoms with Gasteiger partial charge in [0.2, 0.25) is 5.91 Å². The Bertz CT molecular complexity index is 859. The van der Waals surface area contributed by atoms with Crippen LogP contribution in [0.15, 0.2) is 47.5 Å². The highest BCUT2D eigenvalue weighted by molar-refractivity contribution is 8.00. The van der Waals surface area contributed by atoms with Gasteiger partial charge in [-0.3, -0.25) is 4.79 Å². The Kier molecular flexibility index (Phi) is 6.25. The second kappa shape index (κ2) is 8.66. The quantitative estimate of drug-likeness (QED) is 0.740. The Morgan fingerprint density at radius 2 is 1.82 bits per heavy atom. The average Bonchev–Trinajstić information content (AvgIpc) is 2.71. The summed E-state index contributed by atoms with van der Waals surface area (Å²) in [5.74, 6) is 1.32. The summed E-state index contributed by atoms with van der Waals surface area (Å²) >= 11 is 1.58. The molecule has 0 aliphatic carbocycles. The second-order valence-electron chi connectivity index (χ2n) is 7.92. The van der Waals surface area contributed by atoms with Gasteiger partial charge in [0.25, 0.3) is 0 Å². The van der Waals surface area contributed by atoms with Crippen LogP contribution in [0.4, 0.5) is 5.82 Å². The first kappa shape index (κ1) is 20.2. The van der Waals surface area contributed by atoms with E-state index in [0.29, 0.717) is 43.3 Å². The minimum Gasteiger partial charge on any atom is -0.352 e. The zero-order valence-corrected chi connectivity index (χ0v) is 17.5. The Hall–Kier alpha value is -2.52. The first-order valence-corrected chi connectivity index (χ1v) is 10.5. The third-order valence-electron chi connectivity index (χ3n) is 4.92. The van der Waals surface area contributed by atoms with Crippen LogP contribution in [0.3, 0.4) is 0 Å². The summed E-state index contributed by atoms with van der Waals surface area (Å²) in [7, 11) is 0. The fourth-order valence-corrected chi connectivity index (χ4v) is 3.99. The van der Waals surface area contributed by atoms with Crippen molar-refractivity contribution in [1.29, 1.82) is 5.26 Å². The summed E-state index contributed by atoms with van der Waals surface area (Å²) < 4.78 is 0. The lowest BCUT2D eigenvalue weighted by Gasteiger charge is -2.35. The van der Waals surface area contributed by atoms with Gasteiger partial charge in [-0.1, -0.05) is 32.9 Å². The maximum atomic E-state index is 12.6. The number of piperazine rings is 1. The van der Waals surface area contributed by atoms with Crippen molar-refractivity contribution in [3.8, 4) is 6.07 Å². The molecule has 1 aliphatic heterocycles. The second-order valence-corrected chi connectivity index (χ2v) is 8.97. The molecule has 1 fully saturated rings. The van der Waals surface area contributed by atoms with Crippen LogP contribution in [-0.2, 0) is 10.2 Å². The van der Waals surface area contributed by atoms with E-state index in [2.05, 4.69) is 61.0 Å². The molecule has 3 rings (SSSR count). The molecule has 1 saturated heterocycles. The van der Waals surface area contributed by atoms with Crippen molar-refractivity contribution in [2.45, 2.75) is 31.1 Å². The molecule has 1 amide bonds. The molecule has 0 radical (unpaired) electrons. The van der Waals surface area contributed by atoms with Gasteiger partial charge in [-0.15, -0.1) is 11.8 Å². The van der Waals surface area contributed by atoms with Gasteiger partial charge < -0.3 is 9.80 Å². The number of rotatable bonds is 4. The van der Waals surface area contributed by atoms with Crippen LogP contribution in [0.25, 0.3) is 0 Å². The number of amides is 1. The van der Waals surface area contributed by atoms with Gasteiger partial charge in [-0.05, 0) is 35.2 Å². The lowest BCUT2D eigenvalue weighted by molar-refractivity contribution is -0.128. The first-order chi connectivity index (χ1) is 13.4. The predicted octanol–water partition coefficient (Wildman–Crippen LogP) is 3.69. The number of nitrogens with zero attached hydrogens (tertiary/aromatic N) is 4. The van der Waals surface area contributed by atoms with E-state index in [1.165, 1.54) is 5.56 Å². The van der Waals surface area contributed by atoms with Crippen molar-refractivity contribution in [3.05, 3.63) is 53.7 Å². The maximum absolute atomic E-state index is 12.6. The largest absolute Gasteiger partial charge is 0.352 e. The van der Waals surface area contributed by atoms with Crippen molar-refractivity contribution in [2.75, 3.05) is 36.8 Å². The summed E-state index contributed by atoms with van der Waals surface area (Å²) in [5.41, 5.74) is 2.01. The third-order valence-corrected chi connectivity index (χ3v) is 5.92. The molecule has 0 unspecified atom stereocenters. The zero-order chi connectivity index (χ0) is 20.1. The van der Waals surface area contributed by atoms with E-state index in [-0.39, 0.29) is 11.3 Å². The van der Waals surface area contributed by atoms with Crippen LogP contribution in [0.5, 0.6) is 0 Å². The SMILES string of the molecule is CC(C)(C)c1ccc(SCC(=O)N2CCN(c3ncccc3C#N)CC2)cc1. The number of aromatic nitrogens is 1. The van der Waals surface area contributed by atoms with E-state index in [0.717, 1.165) is 4.90 Å². The Labute approximate surface area is 171 Å². The van der Waals surface area contributed by atoms with Crippen LogP contribution < -0.4 is 4.90 Å². The summed E-state index contributed by atoms with van der Waals surface area (Å²) in [5, 5.41) is 9.25. The molecule has 0 bridgehead atoms. The highest BCUT2D eigenvalue weighted by atomic mass is 32.2. The number of carbonyl (C=O) groups excluding carboxylic acids is 1. The topological polar surface area (TPSA) is 60.2 Å². The molecule has 0 atom stereocenters. The molecule has 1 aromatic carbocycles. The molecule has 1 aromatic heterocycles. The van der Waals surface area contributed by atoms with Gasteiger partial charge >= 0.3 is 0 Å². The van der Waals surface area contributed by atoms with Gasteiger partial charge in [-0.2, -0.15) is 5.26 Å². The molecule has 0 spiro atoms. The van der Waals surface area contributed by atoms with Crippen LogP contribution in [0, 0.1) is 11.3 Å². The van der Waals surface area contributed by atoms with Gasteiger partial charge in [0, 0.05) is 37.3 Å². The van der Waals surface area contributed by atoms with E-state index in [9.17, 15) is 10.1 Å². The Morgan fingerprint density at radius 3 is 2.43 bits per heavy atom. The van der Waals surface area contributed by atoms with Crippen LogP contribution in [0.2, 0.25) is 0 Å². The molecular formula is C22H26N4OS. The number of pyridine rings is 1. The summed E-state index contributed by atoms with van der Waals surface area (Å²) in [6, 6.07) is 14.2. The van der Waals surface area contributed by atoms with Gasteiger partial charge in [0.05, 0.1) is 11.3 Å². The highest BCUT2D eigenvalue weighted by Crippen LogP contribution is 2.26. The van der Waals surface area contributed by atoms with Crippen molar-refractivity contribution in [1.82, 2.24) is 9.88 Å². The standard InChI is InChI=1S/C22H26N4OS/c1-22(2,3)18-6-8-19(9-7-18)28-16-20(27)25-11-13-26(14-12-25)21-17(15-23)5-4-10-24-21/h4-10H,11-14,16H2,1-3H3. The molecule has 6 heteroatoms. The molecule has 2 aromatic rings. The number of thioether (sulfide) groups is 1. The number of hydrogen-bond donors (Lipinski definition) is 0. The Morgan fingerprint density at radius 1 is 1.14 bits per heavy atom. The molecule has 0 saturated carbocycles. The molecule has 2 heterocycles. The highest BCUT2D eigenvalue weighted by Gasteiger charge is 2.23.